The first-order chi connectivity index (χ1) is 8.08. The zero-order valence-corrected chi connectivity index (χ0v) is 11.4. The van der Waals surface area contributed by atoms with Crippen molar-refractivity contribution in [1.82, 2.24) is 0 Å². The van der Waals surface area contributed by atoms with Gasteiger partial charge >= 0.3 is 0 Å². The highest BCUT2D eigenvalue weighted by molar-refractivity contribution is 6.30. The number of rotatable bonds is 6. The van der Waals surface area contributed by atoms with Crippen molar-refractivity contribution in [1.29, 1.82) is 0 Å². The van der Waals surface area contributed by atoms with E-state index in [-0.39, 0.29) is 12.0 Å². The van der Waals surface area contributed by atoms with E-state index >= 15 is 0 Å². The summed E-state index contributed by atoms with van der Waals surface area (Å²) in [5.41, 5.74) is 0. The van der Waals surface area contributed by atoms with Gasteiger partial charge in [0.25, 0.3) is 0 Å². The summed E-state index contributed by atoms with van der Waals surface area (Å²) >= 11 is 5.88. The summed E-state index contributed by atoms with van der Waals surface area (Å²) in [5, 5.41) is 10.8. The lowest BCUT2D eigenvalue weighted by Gasteiger charge is -2.26. The van der Waals surface area contributed by atoms with Crippen molar-refractivity contribution in [2.75, 3.05) is 0 Å². The fourth-order valence-electron chi connectivity index (χ4n) is 1.98. The molecule has 2 unspecified atom stereocenters. The van der Waals surface area contributed by atoms with Gasteiger partial charge in [-0.1, -0.05) is 44.4 Å². The molecule has 0 aliphatic rings. The van der Waals surface area contributed by atoms with E-state index < -0.39 is 6.10 Å². The lowest BCUT2D eigenvalue weighted by Crippen LogP contribution is -2.35. The van der Waals surface area contributed by atoms with Gasteiger partial charge in [-0.2, -0.15) is 0 Å². The van der Waals surface area contributed by atoms with Gasteiger partial charge < -0.3 is 9.84 Å². The van der Waals surface area contributed by atoms with E-state index in [0.717, 1.165) is 12.8 Å². The standard InChI is InChI=1S/C14H21ClO2/c1-4-11(5-2)14(16)10(3)17-13-8-6-7-12(15)9-13/h6-11,14,16H,4-5H2,1-3H3. The molecule has 1 aromatic carbocycles. The molecule has 0 radical (unpaired) electrons. The Balaban J connectivity index is 2.62. The van der Waals surface area contributed by atoms with Crippen molar-refractivity contribution < 1.29 is 9.84 Å². The zero-order chi connectivity index (χ0) is 12.8. The number of ether oxygens (including phenoxy) is 1. The molecule has 2 nitrogen and oxygen atoms in total. The van der Waals surface area contributed by atoms with E-state index in [1.54, 1.807) is 12.1 Å². The van der Waals surface area contributed by atoms with Crippen LogP contribution in [0, 0.1) is 5.92 Å². The highest BCUT2D eigenvalue weighted by atomic mass is 35.5. The maximum Gasteiger partial charge on any atom is 0.122 e. The third kappa shape index (κ3) is 4.21. The van der Waals surface area contributed by atoms with Gasteiger partial charge in [0, 0.05) is 5.02 Å². The molecule has 3 heteroatoms. The highest BCUT2D eigenvalue weighted by Crippen LogP contribution is 2.22. The van der Waals surface area contributed by atoms with Crippen molar-refractivity contribution in [3.05, 3.63) is 29.3 Å². The molecule has 2 atom stereocenters. The molecule has 1 rings (SSSR count). The fraction of sp³-hybridized carbons (Fsp3) is 0.571. The van der Waals surface area contributed by atoms with Crippen molar-refractivity contribution >= 4 is 11.6 Å². The molecule has 0 fully saturated rings. The largest absolute Gasteiger partial charge is 0.488 e. The van der Waals surface area contributed by atoms with Crippen LogP contribution in [0.25, 0.3) is 0 Å². The average molecular weight is 257 g/mol. The Hall–Kier alpha value is -0.730. The SMILES string of the molecule is CCC(CC)C(O)C(C)Oc1cccc(Cl)c1. The van der Waals surface area contributed by atoms with Crippen LogP contribution in [0.3, 0.4) is 0 Å². The summed E-state index contributed by atoms with van der Waals surface area (Å²) in [7, 11) is 0. The summed E-state index contributed by atoms with van der Waals surface area (Å²) in [4.78, 5) is 0. The van der Waals surface area contributed by atoms with E-state index in [2.05, 4.69) is 13.8 Å². The monoisotopic (exact) mass is 256 g/mol. The minimum atomic E-state index is -0.441. The molecule has 0 amide bonds. The smallest absolute Gasteiger partial charge is 0.122 e. The molecule has 1 aromatic rings. The molecule has 0 spiro atoms. The Labute approximate surface area is 109 Å². The van der Waals surface area contributed by atoms with Crippen LogP contribution in [0.4, 0.5) is 0 Å². The van der Waals surface area contributed by atoms with Crippen molar-refractivity contribution in [2.45, 2.75) is 45.8 Å². The Kier molecular flexibility index (Phi) is 5.79. The average Bonchev–Trinajstić information content (AvgIpc) is 2.30. The van der Waals surface area contributed by atoms with E-state index in [4.69, 9.17) is 16.3 Å². The Morgan fingerprint density at radius 2 is 1.94 bits per heavy atom. The molecule has 0 saturated carbocycles. The maximum absolute atomic E-state index is 10.2. The van der Waals surface area contributed by atoms with Gasteiger partial charge in [-0.05, 0) is 31.0 Å². The molecule has 1 N–H and O–H groups in total. The van der Waals surface area contributed by atoms with E-state index in [1.165, 1.54) is 0 Å². The van der Waals surface area contributed by atoms with Crippen LogP contribution in [0.5, 0.6) is 5.75 Å². The maximum atomic E-state index is 10.2. The second kappa shape index (κ2) is 6.87. The van der Waals surface area contributed by atoms with Crippen LogP contribution < -0.4 is 4.74 Å². The zero-order valence-electron chi connectivity index (χ0n) is 10.7. The predicted octanol–water partition coefficient (Wildman–Crippen LogP) is 3.90. The van der Waals surface area contributed by atoms with Crippen LogP contribution in [0.1, 0.15) is 33.6 Å². The molecule has 17 heavy (non-hydrogen) atoms. The predicted molar refractivity (Wildman–Crippen MR) is 71.6 cm³/mol. The van der Waals surface area contributed by atoms with Gasteiger partial charge in [-0.15, -0.1) is 0 Å². The normalized spacial score (nSPS) is 14.7. The minimum absolute atomic E-state index is 0.224. The Morgan fingerprint density at radius 1 is 1.29 bits per heavy atom. The lowest BCUT2D eigenvalue weighted by atomic mass is 9.93. The number of hydrogen-bond acceptors (Lipinski definition) is 2. The topological polar surface area (TPSA) is 29.5 Å². The van der Waals surface area contributed by atoms with Gasteiger partial charge in [0.2, 0.25) is 0 Å². The van der Waals surface area contributed by atoms with E-state index in [9.17, 15) is 5.11 Å². The second-order valence-corrected chi connectivity index (χ2v) is 4.78. The molecule has 0 aliphatic carbocycles. The molecule has 0 aliphatic heterocycles. The number of halogens is 1. The van der Waals surface area contributed by atoms with Crippen molar-refractivity contribution in [3.63, 3.8) is 0 Å². The first-order valence-electron chi connectivity index (χ1n) is 6.18. The molecule has 0 heterocycles. The summed E-state index contributed by atoms with van der Waals surface area (Å²) in [6, 6.07) is 7.25. The van der Waals surface area contributed by atoms with Crippen LogP contribution in [0.15, 0.2) is 24.3 Å². The summed E-state index contributed by atoms with van der Waals surface area (Å²) < 4.78 is 5.71. The number of hydrogen-bond donors (Lipinski definition) is 1. The van der Waals surface area contributed by atoms with E-state index in [0.29, 0.717) is 10.8 Å². The minimum Gasteiger partial charge on any atom is -0.488 e. The van der Waals surface area contributed by atoms with Crippen LogP contribution in [-0.4, -0.2) is 17.3 Å². The van der Waals surface area contributed by atoms with Gasteiger partial charge in [-0.3, -0.25) is 0 Å². The number of benzene rings is 1. The van der Waals surface area contributed by atoms with Gasteiger partial charge in [0.15, 0.2) is 0 Å². The van der Waals surface area contributed by atoms with Crippen LogP contribution in [-0.2, 0) is 0 Å². The molecular formula is C14H21ClO2. The van der Waals surface area contributed by atoms with Crippen LogP contribution >= 0.6 is 11.6 Å². The second-order valence-electron chi connectivity index (χ2n) is 4.35. The third-order valence-corrected chi connectivity index (χ3v) is 3.37. The number of aliphatic hydroxyl groups is 1. The van der Waals surface area contributed by atoms with Gasteiger partial charge in [0.1, 0.15) is 11.9 Å². The first kappa shape index (κ1) is 14.3. The molecule has 0 saturated heterocycles. The Bertz CT molecular complexity index is 337. The third-order valence-electron chi connectivity index (χ3n) is 3.13. The molecule has 0 aromatic heterocycles. The quantitative estimate of drug-likeness (QED) is 0.836. The fourth-order valence-corrected chi connectivity index (χ4v) is 2.16. The van der Waals surface area contributed by atoms with Crippen molar-refractivity contribution in [2.24, 2.45) is 5.92 Å². The summed E-state index contributed by atoms with van der Waals surface area (Å²) in [6.07, 6.45) is 1.25. The summed E-state index contributed by atoms with van der Waals surface area (Å²) in [6.45, 7) is 6.07. The van der Waals surface area contributed by atoms with Crippen molar-refractivity contribution in [3.8, 4) is 5.75 Å². The number of aliphatic hydroxyl groups excluding tert-OH is 1. The van der Waals surface area contributed by atoms with Crippen LogP contribution in [0.2, 0.25) is 5.02 Å². The molecular weight excluding hydrogens is 236 g/mol. The highest BCUT2D eigenvalue weighted by Gasteiger charge is 2.23. The summed E-state index contributed by atoms with van der Waals surface area (Å²) in [5.74, 6) is 0.985. The Morgan fingerprint density at radius 3 is 2.47 bits per heavy atom. The van der Waals surface area contributed by atoms with Gasteiger partial charge in [-0.25, -0.2) is 0 Å². The first-order valence-corrected chi connectivity index (χ1v) is 6.56. The molecule has 96 valence electrons. The lowest BCUT2D eigenvalue weighted by molar-refractivity contribution is 0.00384. The van der Waals surface area contributed by atoms with Gasteiger partial charge in [0.05, 0.1) is 6.10 Å². The van der Waals surface area contributed by atoms with E-state index in [1.807, 2.05) is 19.1 Å². The molecule has 0 bridgehead atoms.